The van der Waals surface area contributed by atoms with Crippen molar-refractivity contribution in [2.45, 2.75) is 0 Å². The fraction of sp³-hybridized carbons (Fsp3) is 0.857. The summed E-state index contributed by atoms with van der Waals surface area (Å²) < 4.78 is 14.4. The van der Waals surface area contributed by atoms with Gasteiger partial charge in [-0.2, -0.15) is 0 Å². The van der Waals surface area contributed by atoms with Crippen LogP contribution in [0.1, 0.15) is 0 Å². The highest BCUT2D eigenvalue weighted by Crippen LogP contribution is 1.78. The maximum atomic E-state index is 9.84. The Balaban J connectivity index is 2.86. The highest BCUT2D eigenvalue weighted by atomic mass is 16.5. The third-order valence-corrected chi connectivity index (χ3v) is 1.02. The molecule has 0 saturated heterocycles. The van der Waals surface area contributed by atoms with Crippen molar-refractivity contribution in [3.63, 3.8) is 0 Å². The lowest BCUT2D eigenvalue weighted by atomic mass is 10.7. The minimum absolute atomic E-state index is 0.262. The quantitative estimate of drug-likeness (QED) is 0.418. The number of hydrogen-bond acceptors (Lipinski definition) is 5. The summed E-state index contributed by atoms with van der Waals surface area (Å²) >= 11 is 0. The summed E-state index contributed by atoms with van der Waals surface area (Å²) in [4.78, 5) is 9.84. The molecular weight excluding hydrogens is 164 g/mol. The summed E-state index contributed by atoms with van der Waals surface area (Å²) in [6.07, 6.45) is 0. The van der Waals surface area contributed by atoms with Gasteiger partial charge in [0.15, 0.2) is 0 Å². The van der Waals surface area contributed by atoms with E-state index in [2.05, 4.69) is 4.74 Å². The summed E-state index contributed by atoms with van der Waals surface area (Å²) in [6.45, 7) is 1.27. The first kappa shape index (κ1) is 11.4. The molecule has 0 aliphatic rings. The zero-order chi connectivity index (χ0) is 9.23. The molecule has 12 heavy (non-hydrogen) atoms. The molecule has 0 aliphatic carbocycles. The minimum Gasteiger partial charge on any atom is -0.548 e. The average molecular weight is 177 g/mol. The van der Waals surface area contributed by atoms with E-state index in [1.165, 1.54) is 0 Å². The molecule has 0 amide bonds. The molecule has 0 saturated carbocycles. The molecule has 72 valence electrons. The molecule has 0 bridgehead atoms. The second-order valence-electron chi connectivity index (χ2n) is 2.03. The lowest BCUT2D eigenvalue weighted by molar-refractivity contribution is -0.309. The fourth-order valence-corrected chi connectivity index (χ4v) is 0.518. The maximum absolute atomic E-state index is 9.84. The number of rotatable bonds is 8. The van der Waals surface area contributed by atoms with Gasteiger partial charge in [0, 0.05) is 7.11 Å². The van der Waals surface area contributed by atoms with E-state index >= 15 is 0 Å². The molecule has 0 aliphatic heterocycles. The zero-order valence-corrected chi connectivity index (χ0v) is 7.08. The van der Waals surface area contributed by atoms with Crippen molar-refractivity contribution in [3.05, 3.63) is 0 Å². The molecule has 0 rings (SSSR count). The van der Waals surface area contributed by atoms with E-state index in [-0.39, 0.29) is 13.2 Å². The Morgan fingerprint density at radius 2 is 1.75 bits per heavy atom. The van der Waals surface area contributed by atoms with E-state index in [0.717, 1.165) is 0 Å². The van der Waals surface area contributed by atoms with Crippen molar-refractivity contribution in [2.24, 2.45) is 0 Å². The lowest BCUT2D eigenvalue weighted by Gasteiger charge is -2.05. The van der Waals surface area contributed by atoms with Crippen LogP contribution >= 0.6 is 0 Å². The predicted octanol–water partition coefficient (Wildman–Crippen LogP) is -1.58. The van der Waals surface area contributed by atoms with Crippen LogP contribution < -0.4 is 5.11 Å². The summed E-state index contributed by atoms with van der Waals surface area (Å²) in [5.41, 5.74) is 0. The molecule has 0 aromatic rings. The SMILES string of the molecule is COCCOCCOCC(=O)[O-]. The number of hydrogen-bond donors (Lipinski definition) is 0. The molecule has 0 fully saturated rings. The van der Waals surface area contributed by atoms with Crippen LogP contribution in [0.2, 0.25) is 0 Å². The zero-order valence-electron chi connectivity index (χ0n) is 7.08. The first-order valence-electron chi connectivity index (χ1n) is 3.61. The topological polar surface area (TPSA) is 67.8 Å². The van der Waals surface area contributed by atoms with Gasteiger partial charge >= 0.3 is 0 Å². The van der Waals surface area contributed by atoms with Crippen LogP contribution in [0.25, 0.3) is 0 Å². The van der Waals surface area contributed by atoms with Gasteiger partial charge in [0.05, 0.1) is 39.0 Å². The van der Waals surface area contributed by atoms with Crippen molar-refractivity contribution >= 4 is 5.97 Å². The van der Waals surface area contributed by atoms with Gasteiger partial charge in [-0.05, 0) is 0 Å². The number of carboxylic acids is 1. The standard InChI is InChI=1S/C7H14O5/c1-10-2-3-11-4-5-12-6-7(8)9/h2-6H2,1H3,(H,8,9)/p-1. The first-order valence-corrected chi connectivity index (χ1v) is 3.61. The molecule has 0 aromatic heterocycles. The minimum atomic E-state index is -1.22. The van der Waals surface area contributed by atoms with Gasteiger partial charge in [0.25, 0.3) is 0 Å². The van der Waals surface area contributed by atoms with Gasteiger partial charge < -0.3 is 24.1 Å². The van der Waals surface area contributed by atoms with Crippen molar-refractivity contribution in [2.75, 3.05) is 40.1 Å². The monoisotopic (exact) mass is 177 g/mol. The van der Waals surface area contributed by atoms with Crippen LogP contribution in [0.3, 0.4) is 0 Å². The maximum Gasteiger partial charge on any atom is 0.0862 e. The summed E-state index contributed by atoms with van der Waals surface area (Å²) in [5, 5.41) is 9.84. The number of ether oxygens (including phenoxy) is 3. The van der Waals surface area contributed by atoms with E-state index in [1.54, 1.807) is 7.11 Å². The van der Waals surface area contributed by atoms with Crippen LogP contribution in [0, 0.1) is 0 Å². The Hall–Kier alpha value is -0.650. The van der Waals surface area contributed by atoms with Gasteiger partial charge in [-0.15, -0.1) is 0 Å². The van der Waals surface area contributed by atoms with Crippen LogP contribution in [0.5, 0.6) is 0 Å². The number of aliphatic carboxylic acids is 1. The molecule has 5 heteroatoms. The van der Waals surface area contributed by atoms with Gasteiger partial charge in [-0.3, -0.25) is 0 Å². The van der Waals surface area contributed by atoms with E-state index in [1.807, 2.05) is 0 Å². The Morgan fingerprint density at radius 3 is 2.33 bits per heavy atom. The summed E-state index contributed by atoms with van der Waals surface area (Å²) in [6, 6.07) is 0. The largest absolute Gasteiger partial charge is 0.548 e. The Bertz CT molecular complexity index is 114. The normalized spacial score (nSPS) is 10.1. The Morgan fingerprint density at radius 1 is 1.17 bits per heavy atom. The van der Waals surface area contributed by atoms with Gasteiger partial charge in [-0.1, -0.05) is 0 Å². The summed E-state index contributed by atoms with van der Waals surface area (Å²) in [5.74, 6) is -1.22. The molecule has 5 nitrogen and oxygen atoms in total. The number of methoxy groups -OCH3 is 1. The van der Waals surface area contributed by atoms with Crippen LogP contribution in [0.15, 0.2) is 0 Å². The fourth-order valence-electron chi connectivity index (χ4n) is 0.518. The van der Waals surface area contributed by atoms with Crippen molar-refractivity contribution in [3.8, 4) is 0 Å². The lowest BCUT2D eigenvalue weighted by Crippen LogP contribution is -2.28. The van der Waals surface area contributed by atoms with Gasteiger partial charge in [0.1, 0.15) is 0 Å². The van der Waals surface area contributed by atoms with E-state index in [0.29, 0.717) is 19.8 Å². The molecular formula is C7H13O5-. The van der Waals surface area contributed by atoms with E-state index in [4.69, 9.17) is 9.47 Å². The van der Waals surface area contributed by atoms with Crippen molar-refractivity contribution < 1.29 is 24.1 Å². The van der Waals surface area contributed by atoms with E-state index < -0.39 is 5.97 Å². The van der Waals surface area contributed by atoms with Crippen molar-refractivity contribution in [1.29, 1.82) is 0 Å². The van der Waals surface area contributed by atoms with Crippen molar-refractivity contribution in [1.82, 2.24) is 0 Å². The smallest absolute Gasteiger partial charge is 0.0862 e. The van der Waals surface area contributed by atoms with Crippen LogP contribution in [-0.2, 0) is 19.0 Å². The molecule has 0 unspecified atom stereocenters. The Kier molecular flexibility index (Phi) is 7.99. The van der Waals surface area contributed by atoms with Gasteiger partial charge in [0.2, 0.25) is 0 Å². The second-order valence-corrected chi connectivity index (χ2v) is 2.03. The molecule has 0 heterocycles. The number of carboxylic acid groups (broad SMARTS) is 1. The molecule has 0 atom stereocenters. The molecule has 0 spiro atoms. The number of carbonyl (C=O) groups excluding carboxylic acids is 1. The average Bonchev–Trinajstić information content (AvgIpc) is 2.02. The predicted molar refractivity (Wildman–Crippen MR) is 38.5 cm³/mol. The second kappa shape index (κ2) is 8.45. The highest BCUT2D eigenvalue weighted by molar-refractivity contribution is 5.65. The van der Waals surface area contributed by atoms with Gasteiger partial charge in [-0.25, -0.2) is 0 Å². The first-order chi connectivity index (χ1) is 5.77. The molecule has 0 N–H and O–H groups in total. The molecule has 0 aromatic carbocycles. The third kappa shape index (κ3) is 9.35. The third-order valence-electron chi connectivity index (χ3n) is 1.02. The Labute approximate surface area is 71.2 Å². The number of carbonyl (C=O) groups is 1. The van der Waals surface area contributed by atoms with Crippen LogP contribution in [0.4, 0.5) is 0 Å². The van der Waals surface area contributed by atoms with E-state index in [9.17, 15) is 9.90 Å². The summed E-state index contributed by atoms with van der Waals surface area (Å²) in [7, 11) is 1.58. The highest BCUT2D eigenvalue weighted by Gasteiger charge is 1.89. The molecule has 0 radical (unpaired) electrons. The van der Waals surface area contributed by atoms with Crippen LogP contribution in [-0.4, -0.2) is 46.1 Å².